The van der Waals surface area contributed by atoms with Gasteiger partial charge in [-0.1, -0.05) is 269 Å². The van der Waals surface area contributed by atoms with Gasteiger partial charge in [0.25, 0.3) is 0 Å². The topological polar surface area (TPSA) is 78.9 Å². The van der Waals surface area contributed by atoms with Crippen molar-refractivity contribution in [2.75, 3.05) is 13.2 Å². The summed E-state index contributed by atoms with van der Waals surface area (Å²) in [6, 6.07) is 0. The Morgan fingerprint density at radius 2 is 0.582 bits per heavy atom. The van der Waals surface area contributed by atoms with Crippen molar-refractivity contribution in [3.05, 3.63) is 146 Å². The third-order valence-corrected chi connectivity index (χ3v) is 10.7. The molecule has 0 aliphatic heterocycles. The zero-order valence-electron chi connectivity index (χ0n) is 42.6. The maximum Gasteiger partial charge on any atom is 0.306 e. The summed E-state index contributed by atoms with van der Waals surface area (Å²) in [5.74, 6) is -1.01. The van der Waals surface area contributed by atoms with Crippen LogP contribution in [-0.2, 0) is 28.6 Å². The van der Waals surface area contributed by atoms with Gasteiger partial charge in [-0.25, -0.2) is 0 Å². The largest absolute Gasteiger partial charge is 0.462 e. The lowest BCUT2D eigenvalue weighted by Crippen LogP contribution is -2.30. The smallest absolute Gasteiger partial charge is 0.306 e. The lowest BCUT2D eigenvalue weighted by Gasteiger charge is -2.18. The van der Waals surface area contributed by atoms with E-state index in [1.54, 1.807) is 0 Å². The molecule has 0 saturated carbocycles. The van der Waals surface area contributed by atoms with Crippen molar-refractivity contribution < 1.29 is 28.6 Å². The molecule has 374 valence electrons. The lowest BCUT2D eigenvalue weighted by molar-refractivity contribution is -0.167. The first-order valence-electron chi connectivity index (χ1n) is 26.5. The highest BCUT2D eigenvalue weighted by Gasteiger charge is 2.19. The van der Waals surface area contributed by atoms with Crippen molar-refractivity contribution in [1.82, 2.24) is 0 Å². The van der Waals surface area contributed by atoms with E-state index >= 15 is 0 Å². The van der Waals surface area contributed by atoms with Crippen LogP contribution in [0.15, 0.2) is 146 Å². The summed E-state index contributed by atoms with van der Waals surface area (Å²) >= 11 is 0. The molecule has 1 atom stereocenters. The minimum atomic E-state index is -0.825. The fourth-order valence-corrected chi connectivity index (χ4v) is 6.74. The van der Waals surface area contributed by atoms with E-state index in [0.717, 1.165) is 70.6 Å². The molecule has 0 fully saturated rings. The maximum atomic E-state index is 12.8. The van der Waals surface area contributed by atoms with E-state index in [4.69, 9.17) is 14.2 Å². The molecule has 6 nitrogen and oxygen atoms in total. The molecule has 0 radical (unpaired) electrons. The van der Waals surface area contributed by atoms with Gasteiger partial charge >= 0.3 is 17.9 Å². The molecule has 0 aromatic carbocycles. The van der Waals surface area contributed by atoms with Crippen LogP contribution in [0, 0.1) is 0 Å². The molecule has 0 aromatic heterocycles. The minimum Gasteiger partial charge on any atom is -0.462 e. The first kappa shape index (κ1) is 62.3. The lowest BCUT2D eigenvalue weighted by atomic mass is 10.0. The van der Waals surface area contributed by atoms with Crippen LogP contribution in [0.1, 0.15) is 201 Å². The second kappa shape index (κ2) is 53.9. The quantitative estimate of drug-likeness (QED) is 0.0262. The van der Waals surface area contributed by atoms with Gasteiger partial charge in [-0.2, -0.15) is 0 Å². The number of allylic oxidation sites excluding steroid dienone is 24. The molecular formula is C61H94O6. The molecule has 0 N–H and O–H groups in total. The number of hydrogen-bond acceptors (Lipinski definition) is 6. The molecule has 6 heteroatoms. The fourth-order valence-electron chi connectivity index (χ4n) is 6.74. The average Bonchev–Trinajstić information content (AvgIpc) is 3.33. The summed E-state index contributed by atoms with van der Waals surface area (Å²) in [7, 11) is 0. The van der Waals surface area contributed by atoms with Gasteiger partial charge in [-0.05, 0) is 57.8 Å². The molecule has 0 heterocycles. The maximum absolute atomic E-state index is 12.8. The highest BCUT2D eigenvalue weighted by atomic mass is 16.6. The fraction of sp³-hybridized carbons (Fsp3) is 0.557. The van der Waals surface area contributed by atoms with Crippen molar-refractivity contribution in [1.29, 1.82) is 0 Å². The van der Waals surface area contributed by atoms with Gasteiger partial charge in [0.05, 0.1) is 0 Å². The van der Waals surface area contributed by atoms with Gasteiger partial charge in [-0.3, -0.25) is 14.4 Å². The Balaban J connectivity index is 4.60. The summed E-state index contributed by atoms with van der Waals surface area (Å²) in [5.41, 5.74) is 0. The van der Waals surface area contributed by atoms with Crippen LogP contribution in [0.25, 0.3) is 0 Å². The normalized spacial score (nSPS) is 13.3. The molecule has 0 saturated heterocycles. The number of esters is 3. The summed E-state index contributed by atoms with van der Waals surface area (Å²) in [6.45, 7) is 6.26. The molecule has 67 heavy (non-hydrogen) atoms. The number of ether oxygens (including phenoxy) is 3. The Labute approximate surface area is 410 Å². The van der Waals surface area contributed by atoms with Crippen LogP contribution in [0.2, 0.25) is 0 Å². The van der Waals surface area contributed by atoms with Gasteiger partial charge in [0.15, 0.2) is 6.10 Å². The summed E-state index contributed by atoms with van der Waals surface area (Å²) in [5, 5.41) is 0. The van der Waals surface area contributed by atoms with Crippen molar-refractivity contribution in [2.24, 2.45) is 0 Å². The zero-order chi connectivity index (χ0) is 48.6. The molecule has 1 unspecified atom stereocenters. The Morgan fingerprint density at radius 3 is 0.910 bits per heavy atom. The Kier molecular flexibility index (Phi) is 50.1. The van der Waals surface area contributed by atoms with Gasteiger partial charge < -0.3 is 14.2 Å². The third kappa shape index (κ3) is 52.1. The van der Waals surface area contributed by atoms with E-state index in [2.05, 4.69) is 45.1 Å². The van der Waals surface area contributed by atoms with Gasteiger partial charge in [0, 0.05) is 19.3 Å². The number of carbonyl (C=O) groups excluding carboxylic acids is 3. The SMILES string of the molecule is CC\C=C/C=C\C=C/C=C\C=C\C=C/CCCCCC(=O)OCC(COC(=O)CCCCCCCCCCCCCCCCC)OC(=O)CCCCC\C=C/C=C/C=C\C=C/C=C\C=C/CC. The number of rotatable bonds is 45. The van der Waals surface area contributed by atoms with E-state index in [-0.39, 0.29) is 37.5 Å². The Hall–Kier alpha value is -4.71. The third-order valence-electron chi connectivity index (χ3n) is 10.7. The van der Waals surface area contributed by atoms with Crippen LogP contribution in [-0.4, -0.2) is 37.2 Å². The Bertz CT molecular complexity index is 1530. The molecule has 0 aliphatic rings. The summed E-state index contributed by atoms with van der Waals surface area (Å²) < 4.78 is 16.7. The van der Waals surface area contributed by atoms with Crippen molar-refractivity contribution in [2.45, 2.75) is 207 Å². The second-order valence-electron chi connectivity index (χ2n) is 17.0. The van der Waals surface area contributed by atoms with Crippen molar-refractivity contribution in [3.63, 3.8) is 0 Å². The van der Waals surface area contributed by atoms with Gasteiger partial charge in [-0.15, -0.1) is 0 Å². The molecule has 0 bridgehead atoms. The zero-order valence-corrected chi connectivity index (χ0v) is 42.6. The van der Waals surface area contributed by atoms with Crippen LogP contribution in [0.4, 0.5) is 0 Å². The van der Waals surface area contributed by atoms with Gasteiger partial charge in [0.2, 0.25) is 0 Å². The van der Waals surface area contributed by atoms with Crippen molar-refractivity contribution in [3.8, 4) is 0 Å². The van der Waals surface area contributed by atoms with Gasteiger partial charge in [0.1, 0.15) is 13.2 Å². The standard InChI is InChI=1S/C61H94O6/c1-4-7-10-13-16-19-22-25-28-30-33-36-39-42-45-48-51-54-60(63)66-57-58(56-65-59(62)53-50-47-44-41-38-35-32-27-24-21-18-15-12-9-6-3)67-61(64)55-52-49-46-43-40-37-34-31-29-26-23-20-17-14-11-8-5-2/h7-8,10-11,13-14,16-17,19-20,22-23,25-26,28-31,33-34,36-37,39-40,58H,4-6,9,12,15,18,21,24,27,32,35,38,41-57H2,1-3H3/b10-7-,11-8-,16-13-,17-14-,22-19-,23-20-,28-25-,29-26-,33-30+,34-31+,39-36-,40-37-. The molecule has 0 rings (SSSR count). The highest BCUT2D eigenvalue weighted by molar-refractivity contribution is 5.71. The van der Waals surface area contributed by atoms with E-state index < -0.39 is 6.10 Å². The summed E-state index contributed by atoms with van der Waals surface area (Å²) in [4.78, 5) is 38.1. The van der Waals surface area contributed by atoms with E-state index in [9.17, 15) is 14.4 Å². The number of unbranched alkanes of at least 4 members (excludes halogenated alkanes) is 20. The first-order chi connectivity index (χ1) is 33.0. The molecular weight excluding hydrogens is 829 g/mol. The van der Waals surface area contributed by atoms with E-state index in [1.807, 2.05) is 122 Å². The monoisotopic (exact) mass is 923 g/mol. The molecule has 0 aliphatic carbocycles. The van der Waals surface area contributed by atoms with Crippen LogP contribution in [0.5, 0.6) is 0 Å². The molecule has 0 aromatic rings. The molecule has 0 spiro atoms. The predicted molar refractivity (Wildman–Crippen MR) is 288 cm³/mol. The minimum absolute atomic E-state index is 0.115. The Morgan fingerprint density at radius 1 is 0.313 bits per heavy atom. The first-order valence-corrected chi connectivity index (χ1v) is 26.5. The highest BCUT2D eigenvalue weighted by Crippen LogP contribution is 2.15. The predicted octanol–water partition coefficient (Wildman–Crippen LogP) is 17.6. The number of carbonyl (C=O) groups is 3. The van der Waals surface area contributed by atoms with Crippen LogP contribution >= 0.6 is 0 Å². The van der Waals surface area contributed by atoms with Crippen molar-refractivity contribution >= 4 is 17.9 Å². The molecule has 0 amide bonds. The average molecular weight is 923 g/mol. The van der Waals surface area contributed by atoms with E-state index in [1.165, 1.54) is 77.0 Å². The second-order valence-corrected chi connectivity index (χ2v) is 17.0. The van der Waals surface area contributed by atoms with Crippen LogP contribution in [0.3, 0.4) is 0 Å². The summed E-state index contributed by atoms with van der Waals surface area (Å²) in [6.07, 6.45) is 76.8. The van der Waals surface area contributed by atoms with E-state index in [0.29, 0.717) is 25.7 Å². The number of hydrogen-bond donors (Lipinski definition) is 0. The van der Waals surface area contributed by atoms with Crippen LogP contribution < -0.4 is 0 Å².